The summed E-state index contributed by atoms with van der Waals surface area (Å²) in [5, 5.41) is 6.25. The number of nitrogens with zero attached hydrogens (tertiary/aromatic N) is 2. The van der Waals surface area contributed by atoms with Crippen molar-refractivity contribution in [1.29, 1.82) is 0 Å². The number of nitrogens with two attached hydrogens (primary N) is 1. The minimum absolute atomic E-state index is 0.305. The van der Waals surface area contributed by atoms with Gasteiger partial charge in [-0.1, -0.05) is 18.2 Å². The van der Waals surface area contributed by atoms with Crippen LogP contribution < -0.4 is 19.7 Å². The van der Waals surface area contributed by atoms with Crippen molar-refractivity contribution in [3.05, 3.63) is 48.7 Å². The molecule has 0 spiro atoms. The van der Waals surface area contributed by atoms with Gasteiger partial charge in [-0.3, -0.25) is 0 Å². The van der Waals surface area contributed by atoms with Crippen molar-refractivity contribution in [2.75, 3.05) is 20.0 Å². The van der Waals surface area contributed by atoms with Gasteiger partial charge in [0.15, 0.2) is 11.5 Å². The molecule has 4 rings (SSSR count). The van der Waals surface area contributed by atoms with E-state index in [0.717, 1.165) is 16.3 Å². The molecule has 0 atom stereocenters. The zero-order valence-electron chi connectivity index (χ0n) is 13.3. The van der Waals surface area contributed by atoms with E-state index in [1.807, 2.05) is 42.5 Å². The van der Waals surface area contributed by atoms with Gasteiger partial charge in [-0.25, -0.2) is 0 Å². The summed E-state index contributed by atoms with van der Waals surface area (Å²) < 4.78 is 18.2. The van der Waals surface area contributed by atoms with Crippen LogP contribution in [0.3, 0.4) is 0 Å². The molecule has 6 nitrogen and oxygen atoms in total. The fraction of sp³-hybridized carbons (Fsp3) is 0.111. The lowest BCUT2D eigenvalue weighted by Gasteiger charge is -2.07. The summed E-state index contributed by atoms with van der Waals surface area (Å²) >= 11 is 0. The Morgan fingerprint density at radius 3 is 2.46 bits per heavy atom. The summed E-state index contributed by atoms with van der Waals surface area (Å²) in [7, 11) is 3.20. The minimum atomic E-state index is 0.305. The van der Waals surface area contributed by atoms with Crippen molar-refractivity contribution >= 4 is 22.2 Å². The van der Waals surface area contributed by atoms with Gasteiger partial charge in [-0.05, 0) is 28.8 Å². The van der Waals surface area contributed by atoms with Crippen molar-refractivity contribution < 1.29 is 18.4 Å². The maximum Gasteiger partial charge on any atom is 0.414 e. The Kier molecular flexibility index (Phi) is 3.23. The van der Waals surface area contributed by atoms with Gasteiger partial charge in [0.1, 0.15) is 6.20 Å². The third kappa shape index (κ3) is 2.04. The molecular weight excluding hydrogens is 306 g/mol. The summed E-state index contributed by atoms with van der Waals surface area (Å²) in [6.45, 7) is 0. The van der Waals surface area contributed by atoms with Gasteiger partial charge in [0.25, 0.3) is 5.88 Å². The van der Waals surface area contributed by atoms with E-state index < -0.39 is 0 Å². The van der Waals surface area contributed by atoms with E-state index in [-0.39, 0.29) is 0 Å². The Labute approximate surface area is 138 Å². The van der Waals surface area contributed by atoms with E-state index in [9.17, 15) is 0 Å². The van der Waals surface area contributed by atoms with Crippen LogP contribution in [0.1, 0.15) is 0 Å². The molecule has 120 valence electrons. The van der Waals surface area contributed by atoms with E-state index in [1.54, 1.807) is 24.9 Å². The van der Waals surface area contributed by atoms with Crippen LogP contribution in [0.4, 0.5) is 5.88 Å². The molecule has 6 heteroatoms. The van der Waals surface area contributed by atoms with Gasteiger partial charge in [-0.2, -0.15) is 0 Å². The molecule has 2 aromatic heterocycles. The van der Waals surface area contributed by atoms with Gasteiger partial charge in [-0.15, -0.1) is 0 Å². The van der Waals surface area contributed by atoms with Crippen molar-refractivity contribution in [3.8, 4) is 23.0 Å². The van der Waals surface area contributed by atoms with Crippen LogP contribution in [-0.4, -0.2) is 19.3 Å². The lowest BCUT2D eigenvalue weighted by molar-refractivity contribution is -0.571. The smallest absolute Gasteiger partial charge is 0.414 e. The van der Waals surface area contributed by atoms with Crippen LogP contribution in [0.2, 0.25) is 0 Å². The average Bonchev–Trinajstić information content (AvgIpc) is 2.98. The second-order valence-electron chi connectivity index (χ2n) is 5.34. The molecule has 24 heavy (non-hydrogen) atoms. The molecule has 0 aliphatic carbocycles. The van der Waals surface area contributed by atoms with E-state index in [4.69, 9.17) is 19.6 Å². The van der Waals surface area contributed by atoms with Gasteiger partial charge in [0, 0.05) is 10.5 Å². The quantitative estimate of drug-likeness (QED) is 0.587. The van der Waals surface area contributed by atoms with Crippen molar-refractivity contribution in [2.45, 2.75) is 0 Å². The number of ether oxygens (including phenoxy) is 2. The molecule has 0 aliphatic heterocycles. The molecule has 2 N–H and O–H groups in total. The Morgan fingerprint density at radius 2 is 1.75 bits per heavy atom. The molecule has 2 heterocycles. The minimum Gasteiger partial charge on any atom is -0.493 e. The number of fused-ring (bicyclic) bond motifs is 3. The molecule has 0 amide bonds. The molecule has 0 unspecified atom stereocenters. The number of anilines is 1. The van der Waals surface area contributed by atoms with Crippen molar-refractivity contribution in [1.82, 2.24) is 5.10 Å². The number of oxazole rings is 1. The monoisotopic (exact) mass is 322 g/mol. The SMILES string of the molecule is COc1cc2cn[n+]3c(-c4ccccc4)oc(N)c3c2cc1OC. The van der Waals surface area contributed by atoms with Crippen LogP contribution in [0.25, 0.3) is 27.7 Å². The predicted octanol–water partition coefficient (Wildman–Crippen LogP) is 2.83. The molecule has 0 saturated carbocycles. The third-order valence-electron chi connectivity index (χ3n) is 3.99. The lowest BCUT2D eigenvalue weighted by Crippen LogP contribution is -2.26. The van der Waals surface area contributed by atoms with Crippen molar-refractivity contribution in [3.63, 3.8) is 0 Å². The highest BCUT2D eigenvalue weighted by Crippen LogP contribution is 2.35. The number of rotatable bonds is 3. The zero-order valence-corrected chi connectivity index (χ0v) is 13.3. The number of hydrogen-bond acceptors (Lipinski definition) is 5. The first-order valence-corrected chi connectivity index (χ1v) is 7.43. The predicted molar refractivity (Wildman–Crippen MR) is 90.1 cm³/mol. The molecule has 0 saturated heterocycles. The van der Waals surface area contributed by atoms with Crippen LogP contribution in [0.15, 0.2) is 53.1 Å². The fourth-order valence-corrected chi connectivity index (χ4v) is 2.85. The highest BCUT2D eigenvalue weighted by atomic mass is 16.5. The normalized spacial score (nSPS) is 11.1. The fourth-order valence-electron chi connectivity index (χ4n) is 2.85. The molecule has 0 bridgehead atoms. The maximum atomic E-state index is 6.14. The van der Waals surface area contributed by atoms with Crippen LogP contribution in [0.5, 0.6) is 11.5 Å². The highest BCUT2D eigenvalue weighted by Gasteiger charge is 2.27. The topological polar surface area (TPSA) is 74.6 Å². The van der Waals surface area contributed by atoms with E-state index in [1.165, 1.54) is 0 Å². The first-order chi connectivity index (χ1) is 11.7. The third-order valence-corrected chi connectivity index (χ3v) is 3.99. The number of nitrogen functional groups attached to an aromatic ring is 1. The van der Waals surface area contributed by atoms with Gasteiger partial charge in [0.05, 0.1) is 25.2 Å². The van der Waals surface area contributed by atoms with Crippen LogP contribution >= 0.6 is 0 Å². The number of aromatic nitrogens is 2. The first-order valence-electron chi connectivity index (χ1n) is 7.43. The summed E-state index contributed by atoms with van der Waals surface area (Å²) in [6.07, 6.45) is 1.76. The maximum absolute atomic E-state index is 6.14. The molecule has 2 aromatic carbocycles. The Hall–Kier alpha value is -3.28. The molecule has 4 aromatic rings. The van der Waals surface area contributed by atoms with E-state index >= 15 is 0 Å². The second-order valence-corrected chi connectivity index (χ2v) is 5.34. The Balaban J connectivity index is 2.07. The first kappa shape index (κ1) is 14.3. The number of methoxy groups -OCH3 is 2. The molecule has 0 radical (unpaired) electrons. The van der Waals surface area contributed by atoms with Crippen LogP contribution in [0, 0.1) is 0 Å². The molecule has 0 fully saturated rings. The molecule has 0 aliphatic rings. The van der Waals surface area contributed by atoms with E-state index in [2.05, 4.69) is 5.10 Å². The van der Waals surface area contributed by atoms with Gasteiger partial charge in [0.2, 0.25) is 0 Å². The van der Waals surface area contributed by atoms with Gasteiger partial charge >= 0.3 is 11.4 Å². The largest absolute Gasteiger partial charge is 0.493 e. The Morgan fingerprint density at radius 1 is 1.04 bits per heavy atom. The van der Waals surface area contributed by atoms with Gasteiger partial charge < -0.3 is 19.6 Å². The van der Waals surface area contributed by atoms with Crippen molar-refractivity contribution in [2.24, 2.45) is 0 Å². The summed E-state index contributed by atoms with van der Waals surface area (Å²) in [5.74, 6) is 2.15. The second kappa shape index (κ2) is 5.42. The lowest BCUT2D eigenvalue weighted by atomic mass is 10.1. The Bertz CT molecular complexity index is 1040. The molecular formula is C18H16N3O3+. The summed E-state index contributed by atoms with van der Waals surface area (Å²) in [4.78, 5) is 0. The zero-order chi connectivity index (χ0) is 16.7. The standard InChI is InChI=1S/C18H16N3O3/c1-22-14-8-12-10-20-21-16(13(12)9-15(14)23-2)17(19)24-18(21)11-6-4-3-5-7-11/h3-10H,19H2,1-2H3/q+1. The number of hydrogen-bond donors (Lipinski definition) is 1. The van der Waals surface area contributed by atoms with Crippen LogP contribution in [-0.2, 0) is 0 Å². The number of benzene rings is 2. The van der Waals surface area contributed by atoms with E-state index in [0.29, 0.717) is 28.8 Å². The summed E-state index contributed by atoms with van der Waals surface area (Å²) in [6, 6.07) is 13.5. The highest BCUT2D eigenvalue weighted by molar-refractivity contribution is 5.99. The summed E-state index contributed by atoms with van der Waals surface area (Å²) in [5.41, 5.74) is 7.74. The average molecular weight is 322 g/mol.